The average molecular weight is 332 g/mol. The van der Waals surface area contributed by atoms with Gasteiger partial charge in [-0.15, -0.1) is 0 Å². The van der Waals surface area contributed by atoms with E-state index >= 15 is 0 Å². The number of nitrogens with zero attached hydrogens (tertiary/aromatic N) is 3. The first-order valence-electron chi connectivity index (χ1n) is 9.44. The highest BCUT2D eigenvalue weighted by Crippen LogP contribution is 2.39. The molecule has 1 N–H and O–H groups in total. The summed E-state index contributed by atoms with van der Waals surface area (Å²) in [6.45, 7) is 3.80. The van der Waals surface area contributed by atoms with Crippen LogP contribution in [0.5, 0.6) is 0 Å². The molecule has 3 fully saturated rings. The van der Waals surface area contributed by atoms with Gasteiger partial charge in [-0.05, 0) is 44.9 Å². The van der Waals surface area contributed by atoms with Gasteiger partial charge in [0.15, 0.2) is 0 Å². The zero-order valence-corrected chi connectivity index (χ0v) is 14.5. The summed E-state index contributed by atoms with van der Waals surface area (Å²) in [6, 6.07) is 0.796. The van der Waals surface area contributed by atoms with Crippen LogP contribution in [0.4, 0.5) is 10.5 Å². The first kappa shape index (κ1) is 15.9. The van der Waals surface area contributed by atoms with Gasteiger partial charge < -0.3 is 15.0 Å². The molecule has 3 heterocycles. The molecule has 3 aliphatic rings. The second-order valence-electron chi connectivity index (χ2n) is 7.62. The molecule has 2 saturated heterocycles. The van der Waals surface area contributed by atoms with E-state index in [1.54, 1.807) is 6.20 Å². The number of hydrogen-bond acceptors (Lipinski definition) is 3. The van der Waals surface area contributed by atoms with Crippen molar-refractivity contribution < 1.29 is 9.53 Å². The Kier molecular flexibility index (Phi) is 4.48. The Hall–Kier alpha value is -1.56. The summed E-state index contributed by atoms with van der Waals surface area (Å²) in [4.78, 5) is 14.9. The number of likely N-dealkylation sites (tertiary alicyclic amines) is 1. The third kappa shape index (κ3) is 3.16. The number of aromatic nitrogens is 2. The zero-order chi connectivity index (χ0) is 16.5. The van der Waals surface area contributed by atoms with Crippen LogP contribution in [-0.4, -0.2) is 45.5 Å². The number of fused-ring (bicyclic) bond motifs is 1. The molecular formula is C18H28N4O2. The van der Waals surface area contributed by atoms with Crippen LogP contribution in [0.2, 0.25) is 0 Å². The molecule has 6 nitrogen and oxygen atoms in total. The minimum atomic E-state index is 0.0357. The number of carbonyl (C=O) groups is 1. The lowest BCUT2D eigenvalue weighted by molar-refractivity contribution is 0.0940. The Bertz CT molecular complexity index is 581. The highest BCUT2D eigenvalue weighted by molar-refractivity contribution is 5.89. The molecule has 1 aliphatic carbocycles. The van der Waals surface area contributed by atoms with E-state index in [1.165, 1.54) is 19.3 Å². The number of urea groups is 1. The first-order valence-corrected chi connectivity index (χ1v) is 9.44. The van der Waals surface area contributed by atoms with Crippen molar-refractivity contribution in [3.8, 4) is 0 Å². The van der Waals surface area contributed by atoms with Gasteiger partial charge in [0.25, 0.3) is 0 Å². The fourth-order valence-corrected chi connectivity index (χ4v) is 4.77. The molecule has 2 amide bonds. The predicted molar refractivity (Wildman–Crippen MR) is 91.9 cm³/mol. The van der Waals surface area contributed by atoms with Gasteiger partial charge in [0, 0.05) is 24.9 Å². The molecule has 4 atom stereocenters. The normalized spacial score (nSPS) is 32.8. The highest BCUT2D eigenvalue weighted by atomic mass is 16.5. The molecule has 0 spiro atoms. The molecule has 24 heavy (non-hydrogen) atoms. The second-order valence-corrected chi connectivity index (χ2v) is 7.62. The molecule has 1 saturated carbocycles. The quantitative estimate of drug-likeness (QED) is 0.924. The Balaban J connectivity index is 1.37. The molecule has 1 aromatic heterocycles. The number of carbonyl (C=O) groups excluding carboxylic acids is 1. The monoisotopic (exact) mass is 332 g/mol. The van der Waals surface area contributed by atoms with Crippen molar-refractivity contribution in [3.05, 3.63) is 12.4 Å². The number of nitrogens with one attached hydrogen (secondary N) is 1. The Morgan fingerprint density at radius 1 is 1.33 bits per heavy atom. The van der Waals surface area contributed by atoms with E-state index in [0.29, 0.717) is 18.0 Å². The van der Waals surface area contributed by atoms with Crippen LogP contribution in [-0.2, 0) is 11.3 Å². The van der Waals surface area contributed by atoms with Crippen molar-refractivity contribution in [1.82, 2.24) is 14.7 Å². The minimum absolute atomic E-state index is 0.0357. The van der Waals surface area contributed by atoms with Crippen LogP contribution in [0.1, 0.15) is 51.9 Å². The Morgan fingerprint density at radius 3 is 3.04 bits per heavy atom. The van der Waals surface area contributed by atoms with Crippen LogP contribution < -0.4 is 5.32 Å². The molecule has 132 valence electrons. The van der Waals surface area contributed by atoms with Gasteiger partial charge in [-0.2, -0.15) is 5.10 Å². The van der Waals surface area contributed by atoms with Gasteiger partial charge in [-0.25, -0.2) is 4.79 Å². The third-order valence-electron chi connectivity index (χ3n) is 5.88. The topological polar surface area (TPSA) is 59.4 Å². The standard InChI is InChI=1S/C18H28N4O2/c1-13-9-14-5-2-3-7-17(14)22(13)18(23)20-15-10-19-21(11-15)12-16-6-4-8-24-16/h10-11,13-14,16-17H,2-9,12H2,1H3,(H,20,23)/t13-,14+,16+,17+/m1/s1. The van der Waals surface area contributed by atoms with Crippen LogP contribution in [0.15, 0.2) is 12.4 Å². The van der Waals surface area contributed by atoms with E-state index < -0.39 is 0 Å². The van der Waals surface area contributed by atoms with E-state index in [4.69, 9.17) is 4.74 Å². The smallest absolute Gasteiger partial charge is 0.322 e. The van der Waals surface area contributed by atoms with Gasteiger partial charge in [-0.1, -0.05) is 12.8 Å². The van der Waals surface area contributed by atoms with Gasteiger partial charge in [0.05, 0.1) is 24.5 Å². The number of rotatable bonds is 3. The fraction of sp³-hybridized carbons (Fsp3) is 0.778. The van der Waals surface area contributed by atoms with Crippen LogP contribution in [0.3, 0.4) is 0 Å². The fourth-order valence-electron chi connectivity index (χ4n) is 4.77. The lowest BCUT2D eigenvalue weighted by Crippen LogP contribution is -2.44. The number of amides is 2. The van der Waals surface area contributed by atoms with Crippen LogP contribution >= 0.6 is 0 Å². The molecule has 0 bridgehead atoms. The number of ether oxygens (including phenoxy) is 1. The first-order chi connectivity index (χ1) is 11.7. The lowest BCUT2D eigenvalue weighted by atomic mass is 9.85. The maximum absolute atomic E-state index is 12.8. The van der Waals surface area contributed by atoms with Gasteiger partial charge in [0.2, 0.25) is 0 Å². The molecule has 0 unspecified atom stereocenters. The van der Waals surface area contributed by atoms with E-state index in [9.17, 15) is 4.79 Å². The van der Waals surface area contributed by atoms with Crippen LogP contribution in [0, 0.1) is 5.92 Å². The van der Waals surface area contributed by atoms with Gasteiger partial charge in [0.1, 0.15) is 0 Å². The van der Waals surface area contributed by atoms with Crippen molar-refractivity contribution in [3.63, 3.8) is 0 Å². The molecule has 4 rings (SSSR count). The maximum atomic E-state index is 12.8. The second kappa shape index (κ2) is 6.75. The summed E-state index contributed by atoms with van der Waals surface area (Å²) >= 11 is 0. The zero-order valence-electron chi connectivity index (χ0n) is 14.5. The molecule has 1 aromatic rings. The summed E-state index contributed by atoms with van der Waals surface area (Å²) in [5, 5.41) is 7.42. The van der Waals surface area contributed by atoms with Gasteiger partial charge >= 0.3 is 6.03 Å². The number of anilines is 1. The summed E-state index contributed by atoms with van der Waals surface area (Å²) in [5.74, 6) is 0.696. The van der Waals surface area contributed by atoms with E-state index in [1.807, 2.05) is 10.9 Å². The minimum Gasteiger partial charge on any atom is -0.376 e. The highest BCUT2D eigenvalue weighted by Gasteiger charge is 2.42. The van der Waals surface area contributed by atoms with Crippen molar-refractivity contribution in [1.29, 1.82) is 0 Å². The van der Waals surface area contributed by atoms with Crippen molar-refractivity contribution >= 4 is 11.7 Å². The molecule has 0 aromatic carbocycles. The van der Waals surface area contributed by atoms with Crippen molar-refractivity contribution in [2.75, 3.05) is 11.9 Å². The predicted octanol–water partition coefficient (Wildman–Crippen LogP) is 3.25. The average Bonchev–Trinajstić information content (AvgIpc) is 3.27. The Morgan fingerprint density at radius 2 is 2.21 bits per heavy atom. The lowest BCUT2D eigenvalue weighted by Gasteiger charge is -2.33. The largest absolute Gasteiger partial charge is 0.376 e. The van der Waals surface area contributed by atoms with Crippen LogP contribution in [0.25, 0.3) is 0 Å². The molecule has 2 aliphatic heterocycles. The summed E-state index contributed by atoms with van der Waals surface area (Å²) in [5.41, 5.74) is 0.782. The van der Waals surface area contributed by atoms with Crippen molar-refractivity contribution in [2.24, 2.45) is 5.92 Å². The molecule has 0 radical (unpaired) electrons. The molecule has 6 heteroatoms. The van der Waals surface area contributed by atoms with E-state index in [-0.39, 0.29) is 12.1 Å². The van der Waals surface area contributed by atoms with E-state index in [0.717, 1.165) is 44.5 Å². The van der Waals surface area contributed by atoms with E-state index in [2.05, 4.69) is 22.2 Å². The summed E-state index contributed by atoms with van der Waals surface area (Å²) in [6.07, 6.45) is 12.3. The maximum Gasteiger partial charge on any atom is 0.322 e. The summed E-state index contributed by atoms with van der Waals surface area (Å²) < 4.78 is 7.52. The molecular weight excluding hydrogens is 304 g/mol. The van der Waals surface area contributed by atoms with Gasteiger partial charge in [-0.3, -0.25) is 4.68 Å². The van der Waals surface area contributed by atoms with Crippen molar-refractivity contribution in [2.45, 2.75) is 76.6 Å². The summed E-state index contributed by atoms with van der Waals surface area (Å²) in [7, 11) is 0. The SMILES string of the molecule is C[C@@H]1C[C@@H]2CCCC[C@@H]2N1C(=O)Nc1cnn(C[C@@H]2CCCO2)c1. The number of hydrogen-bond donors (Lipinski definition) is 1. The third-order valence-corrected chi connectivity index (χ3v) is 5.88. The Labute approximate surface area is 143 Å².